The Morgan fingerprint density at radius 1 is 1.30 bits per heavy atom. The second kappa shape index (κ2) is 6.57. The Balaban J connectivity index is 2.23. The van der Waals surface area contributed by atoms with Gasteiger partial charge in [0.15, 0.2) is 11.5 Å². The van der Waals surface area contributed by atoms with Gasteiger partial charge in [-0.1, -0.05) is 12.1 Å². The summed E-state index contributed by atoms with van der Waals surface area (Å²) in [6.07, 6.45) is 0. The lowest BCUT2D eigenvalue weighted by molar-refractivity contribution is 0.282. The number of halogens is 2. The maximum atomic E-state index is 13.1. The van der Waals surface area contributed by atoms with Crippen molar-refractivity contribution in [1.29, 1.82) is 5.26 Å². The number of nitrogens with zero attached hydrogens (tertiary/aromatic N) is 1. The molecule has 0 aromatic heterocycles. The minimum atomic E-state index is -0.299. The summed E-state index contributed by atoms with van der Waals surface area (Å²) in [6, 6.07) is 11.6. The quantitative estimate of drug-likeness (QED) is 0.753. The van der Waals surface area contributed by atoms with Gasteiger partial charge in [0.05, 0.1) is 22.3 Å². The molecule has 5 heteroatoms. The van der Waals surface area contributed by atoms with Crippen LogP contribution in [0.4, 0.5) is 4.39 Å². The van der Waals surface area contributed by atoms with E-state index >= 15 is 0 Å². The standard InChI is InChI=1S/C15H11FINO2/c1-19-14-7-11(8-18)6-13(17)15(14)20-9-10-3-2-4-12(16)5-10/h2-7H,9H2,1H3. The van der Waals surface area contributed by atoms with Crippen LogP contribution < -0.4 is 9.47 Å². The Morgan fingerprint density at radius 2 is 2.10 bits per heavy atom. The molecule has 0 aliphatic heterocycles. The number of hydrogen-bond donors (Lipinski definition) is 0. The molecule has 102 valence electrons. The molecule has 0 saturated carbocycles. The molecule has 2 rings (SSSR count). The van der Waals surface area contributed by atoms with Gasteiger partial charge in [-0.2, -0.15) is 5.26 Å². The summed E-state index contributed by atoms with van der Waals surface area (Å²) in [5.41, 5.74) is 1.23. The summed E-state index contributed by atoms with van der Waals surface area (Å²) in [6.45, 7) is 0.232. The highest BCUT2D eigenvalue weighted by Crippen LogP contribution is 2.34. The molecule has 0 unspecified atom stereocenters. The van der Waals surface area contributed by atoms with Crippen LogP contribution in [0.15, 0.2) is 36.4 Å². The number of rotatable bonds is 4. The molecular formula is C15H11FINO2. The van der Waals surface area contributed by atoms with Crippen LogP contribution in [-0.4, -0.2) is 7.11 Å². The molecule has 3 nitrogen and oxygen atoms in total. The normalized spacial score (nSPS) is 9.90. The zero-order chi connectivity index (χ0) is 14.5. The third-order valence-electron chi connectivity index (χ3n) is 2.63. The zero-order valence-corrected chi connectivity index (χ0v) is 12.8. The Morgan fingerprint density at radius 3 is 2.75 bits per heavy atom. The lowest BCUT2D eigenvalue weighted by Gasteiger charge is -2.13. The van der Waals surface area contributed by atoms with Gasteiger partial charge in [-0.3, -0.25) is 0 Å². The molecule has 0 saturated heterocycles. The first-order valence-electron chi connectivity index (χ1n) is 5.79. The van der Waals surface area contributed by atoms with Crippen LogP contribution >= 0.6 is 22.6 Å². The van der Waals surface area contributed by atoms with Crippen LogP contribution in [0.2, 0.25) is 0 Å². The molecule has 0 amide bonds. The highest BCUT2D eigenvalue weighted by molar-refractivity contribution is 14.1. The number of nitriles is 1. The highest BCUT2D eigenvalue weighted by atomic mass is 127. The summed E-state index contributed by atoms with van der Waals surface area (Å²) in [5, 5.41) is 8.92. The van der Waals surface area contributed by atoms with Gasteiger partial charge < -0.3 is 9.47 Å². The lowest BCUT2D eigenvalue weighted by Crippen LogP contribution is -2.00. The van der Waals surface area contributed by atoms with Gasteiger partial charge in [-0.25, -0.2) is 4.39 Å². The summed E-state index contributed by atoms with van der Waals surface area (Å²) in [4.78, 5) is 0. The van der Waals surface area contributed by atoms with Crippen molar-refractivity contribution >= 4 is 22.6 Å². The van der Waals surface area contributed by atoms with Crippen LogP contribution in [0.1, 0.15) is 11.1 Å². The smallest absolute Gasteiger partial charge is 0.175 e. The van der Waals surface area contributed by atoms with E-state index in [2.05, 4.69) is 28.7 Å². The molecule has 2 aromatic carbocycles. The van der Waals surface area contributed by atoms with Gasteiger partial charge in [0.1, 0.15) is 12.4 Å². The fourth-order valence-corrected chi connectivity index (χ4v) is 2.46. The summed E-state index contributed by atoms with van der Waals surface area (Å²) in [5.74, 6) is 0.744. The summed E-state index contributed by atoms with van der Waals surface area (Å²) in [7, 11) is 1.52. The predicted molar refractivity (Wildman–Crippen MR) is 81.2 cm³/mol. The van der Waals surface area contributed by atoms with E-state index in [0.717, 1.165) is 9.13 Å². The van der Waals surface area contributed by atoms with Crippen molar-refractivity contribution in [3.05, 3.63) is 56.9 Å². The molecule has 0 atom stereocenters. The van der Waals surface area contributed by atoms with Crippen molar-refractivity contribution in [3.8, 4) is 17.6 Å². The molecular weight excluding hydrogens is 372 g/mol. The number of hydrogen-bond acceptors (Lipinski definition) is 3. The summed E-state index contributed by atoms with van der Waals surface area (Å²) < 4.78 is 24.8. The Labute approximate surface area is 130 Å². The lowest BCUT2D eigenvalue weighted by atomic mass is 10.2. The fraction of sp³-hybridized carbons (Fsp3) is 0.133. The minimum Gasteiger partial charge on any atom is -0.493 e. The molecule has 0 N–H and O–H groups in total. The maximum absolute atomic E-state index is 13.1. The average Bonchev–Trinajstić information content (AvgIpc) is 2.45. The molecule has 0 heterocycles. The fourth-order valence-electron chi connectivity index (χ4n) is 1.71. The van der Waals surface area contributed by atoms with E-state index in [1.54, 1.807) is 24.3 Å². The van der Waals surface area contributed by atoms with Crippen LogP contribution in [0.5, 0.6) is 11.5 Å². The number of benzene rings is 2. The molecule has 0 bridgehead atoms. The van der Waals surface area contributed by atoms with Gasteiger partial charge in [-0.05, 0) is 46.4 Å². The Bertz CT molecular complexity index is 667. The van der Waals surface area contributed by atoms with E-state index in [-0.39, 0.29) is 12.4 Å². The molecule has 0 aliphatic carbocycles. The van der Waals surface area contributed by atoms with Crippen molar-refractivity contribution in [2.75, 3.05) is 7.11 Å². The topological polar surface area (TPSA) is 42.2 Å². The van der Waals surface area contributed by atoms with Crippen molar-refractivity contribution in [2.45, 2.75) is 6.61 Å². The van der Waals surface area contributed by atoms with Gasteiger partial charge in [0.2, 0.25) is 0 Å². The zero-order valence-electron chi connectivity index (χ0n) is 10.7. The third kappa shape index (κ3) is 3.39. The van der Waals surface area contributed by atoms with E-state index < -0.39 is 0 Å². The monoisotopic (exact) mass is 383 g/mol. The number of methoxy groups -OCH3 is 1. The maximum Gasteiger partial charge on any atom is 0.175 e. The van der Waals surface area contributed by atoms with E-state index in [1.165, 1.54) is 19.2 Å². The first kappa shape index (κ1) is 14.6. The first-order chi connectivity index (χ1) is 9.63. The predicted octanol–water partition coefficient (Wildman–Crippen LogP) is 3.89. The second-order valence-corrected chi connectivity index (χ2v) is 5.18. The Hall–Kier alpha value is -1.81. The van der Waals surface area contributed by atoms with E-state index in [9.17, 15) is 4.39 Å². The molecule has 2 aromatic rings. The van der Waals surface area contributed by atoms with Gasteiger partial charge >= 0.3 is 0 Å². The SMILES string of the molecule is COc1cc(C#N)cc(I)c1OCc1cccc(F)c1. The van der Waals surface area contributed by atoms with Gasteiger partial charge in [-0.15, -0.1) is 0 Å². The highest BCUT2D eigenvalue weighted by Gasteiger charge is 2.12. The first-order valence-corrected chi connectivity index (χ1v) is 6.87. The molecule has 0 spiro atoms. The third-order valence-corrected chi connectivity index (χ3v) is 3.43. The van der Waals surface area contributed by atoms with E-state index in [4.69, 9.17) is 14.7 Å². The van der Waals surface area contributed by atoms with E-state index in [0.29, 0.717) is 17.1 Å². The molecule has 20 heavy (non-hydrogen) atoms. The second-order valence-electron chi connectivity index (χ2n) is 4.02. The average molecular weight is 383 g/mol. The van der Waals surface area contributed by atoms with E-state index in [1.807, 2.05) is 0 Å². The van der Waals surface area contributed by atoms with Crippen LogP contribution in [0.25, 0.3) is 0 Å². The molecule has 0 aliphatic rings. The number of ether oxygens (including phenoxy) is 2. The molecule has 0 radical (unpaired) electrons. The minimum absolute atomic E-state index is 0.232. The van der Waals surface area contributed by atoms with Crippen molar-refractivity contribution < 1.29 is 13.9 Å². The van der Waals surface area contributed by atoms with Crippen molar-refractivity contribution in [1.82, 2.24) is 0 Å². The Kier molecular flexibility index (Phi) is 4.79. The van der Waals surface area contributed by atoms with Crippen LogP contribution in [0.3, 0.4) is 0 Å². The largest absolute Gasteiger partial charge is 0.493 e. The van der Waals surface area contributed by atoms with Gasteiger partial charge in [0.25, 0.3) is 0 Å². The van der Waals surface area contributed by atoms with Crippen molar-refractivity contribution in [3.63, 3.8) is 0 Å². The van der Waals surface area contributed by atoms with Crippen molar-refractivity contribution in [2.24, 2.45) is 0 Å². The van der Waals surface area contributed by atoms with Crippen LogP contribution in [0, 0.1) is 20.7 Å². The van der Waals surface area contributed by atoms with Gasteiger partial charge in [0, 0.05) is 6.07 Å². The summed E-state index contributed by atoms with van der Waals surface area (Å²) >= 11 is 2.08. The van der Waals surface area contributed by atoms with Crippen LogP contribution in [-0.2, 0) is 6.61 Å². The molecule has 0 fully saturated rings.